The summed E-state index contributed by atoms with van der Waals surface area (Å²) in [5.41, 5.74) is 7.82. The van der Waals surface area contributed by atoms with Crippen molar-refractivity contribution in [2.45, 2.75) is 13.3 Å². The van der Waals surface area contributed by atoms with Crippen LogP contribution < -0.4 is 10.5 Å². The summed E-state index contributed by atoms with van der Waals surface area (Å²) in [5, 5.41) is 0.964. The van der Waals surface area contributed by atoms with E-state index < -0.39 is 0 Å². The van der Waals surface area contributed by atoms with Crippen molar-refractivity contribution < 1.29 is 4.74 Å². The van der Waals surface area contributed by atoms with Crippen molar-refractivity contribution in [1.29, 1.82) is 0 Å². The van der Waals surface area contributed by atoms with Crippen LogP contribution in [0.4, 0.5) is 0 Å². The number of aromatic nitrogens is 1. The largest absolute Gasteiger partial charge is 0.496 e. The van der Waals surface area contributed by atoms with Crippen LogP contribution >= 0.6 is 27.3 Å². The van der Waals surface area contributed by atoms with E-state index in [0.717, 1.165) is 27.3 Å². The number of hydrogen-bond donors (Lipinski definition) is 1. The summed E-state index contributed by atoms with van der Waals surface area (Å²) < 4.78 is 6.28. The molecule has 5 heteroatoms. The van der Waals surface area contributed by atoms with Crippen LogP contribution in [0.2, 0.25) is 0 Å². The van der Waals surface area contributed by atoms with Crippen LogP contribution in [0.3, 0.4) is 0 Å². The molecule has 0 fully saturated rings. The summed E-state index contributed by atoms with van der Waals surface area (Å²) in [7, 11) is 1.68. The first-order valence-electron chi connectivity index (χ1n) is 5.66. The second-order valence-electron chi connectivity index (χ2n) is 3.98. The van der Waals surface area contributed by atoms with Gasteiger partial charge in [-0.1, -0.05) is 11.6 Å². The molecule has 0 amide bonds. The number of nitrogens with zero attached hydrogens (tertiary/aromatic N) is 1. The zero-order valence-electron chi connectivity index (χ0n) is 10.4. The fourth-order valence-corrected chi connectivity index (χ4v) is 3.45. The highest BCUT2D eigenvalue weighted by molar-refractivity contribution is 9.10. The highest BCUT2D eigenvalue weighted by atomic mass is 79.9. The smallest absolute Gasteiger partial charge is 0.129 e. The minimum atomic E-state index is 0.630. The second kappa shape index (κ2) is 5.82. The molecule has 96 valence electrons. The average molecular weight is 327 g/mol. The standard InChI is InChI=1S/C13H15BrN2OS/c1-8-3-4-10(17-2)9(7-8)13-16-12(14)11(18-13)5-6-15/h3-4,7H,5-6,15H2,1-2H3. The molecule has 2 N–H and O–H groups in total. The molecule has 0 spiro atoms. The lowest BCUT2D eigenvalue weighted by atomic mass is 10.1. The molecule has 1 heterocycles. The van der Waals surface area contributed by atoms with Crippen molar-refractivity contribution in [2.24, 2.45) is 5.73 Å². The van der Waals surface area contributed by atoms with Gasteiger partial charge in [0.15, 0.2) is 0 Å². The molecule has 1 aromatic heterocycles. The molecule has 0 aliphatic heterocycles. The van der Waals surface area contributed by atoms with Gasteiger partial charge in [0.1, 0.15) is 15.4 Å². The molecule has 2 rings (SSSR count). The lowest BCUT2D eigenvalue weighted by molar-refractivity contribution is 0.416. The molecule has 0 atom stereocenters. The van der Waals surface area contributed by atoms with E-state index in [-0.39, 0.29) is 0 Å². The molecule has 2 aromatic rings. The van der Waals surface area contributed by atoms with Crippen molar-refractivity contribution in [3.05, 3.63) is 33.2 Å². The molecule has 0 saturated heterocycles. The summed E-state index contributed by atoms with van der Waals surface area (Å²) in [6.45, 7) is 2.69. The highest BCUT2D eigenvalue weighted by Gasteiger charge is 2.13. The summed E-state index contributed by atoms with van der Waals surface area (Å²) in [4.78, 5) is 5.73. The second-order valence-corrected chi connectivity index (χ2v) is 5.81. The van der Waals surface area contributed by atoms with E-state index >= 15 is 0 Å². The third-order valence-corrected chi connectivity index (χ3v) is 4.67. The Balaban J connectivity index is 2.47. The summed E-state index contributed by atoms with van der Waals surface area (Å²) in [6, 6.07) is 6.10. The number of hydrogen-bond acceptors (Lipinski definition) is 4. The third-order valence-electron chi connectivity index (χ3n) is 2.61. The molecule has 18 heavy (non-hydrogen) atoms. The third kappa shape index (κ3) is 2.74. The molecular formula is C13H15BrN2OS. The van der Waals surface area contributed by atoms with Gasteiger partial charge in [-0.2, -0.15) is 0 Å². The average Bonchev–Trinajstić information content (AvgIpc) is 2.71. The van der Waals surface area contributed by atoms with E-state index in [0.29, 0.717) is 6.54 Å². The Morgan fingerprint density at radius 1 is 1.44 bits per heavy atom. The van der Waals surface area contributed by atoms with E-state index in [4.69, 9.17) is 10.5 Å². The molecular weight excluding hydrogens is 312 g/mol. The van der Waals surface area contributed by atoms with Crippen LogP contribution in [-0.4, -0.2) is 18.6 Å². The first kappa shape index (κ1) is 13.5. The lowest BCUT2D eigenvalue weighted by Crippen LogP contribution is -2.01. The number of benzene rings is 1. The van der Waals surface area contributed by atoms with Gasteiger partial charge in [-0.05, 0) is 48.0 Å². The fourth-order valence-electron chi connectivity index (χ4n) is 1.72. The van der Waals surface area contributed by atoms with Crippen LogP contribution in [0.1, 0.15) is 10.4 Å². The molecule has 0 unspecified atom stereocenters. The van der Waals surface area contributed by atoms with E-state index in [2.05, 4.69) is 33.9 Å². The Kier molecular flexibility index (Phi) is 4.37. The number of nitrogens with two attached hydrogens (primary N) is 1. The number of methoxy groups -OCH3 is 1. The van der Waals surface area contributed by atoms with Crippen LogP contribution in [0.25, 0.3) is 10.6 Å². The number of halogens is 1. The predicted octanol–water partition coefficient (Wildman–Crippen LogP) is 3.39. The maximum Gasteiger partial charge on any atom is 0.129 e. The maximum absolute atomic E-state index is 5.59. The molecule has 1 aromatic carbocycles. The Hall–Kier alpha value is -0.910. The molecule has 0 aliphatic carbocycles. The summed E-state index contributed by atoms with van der Waals surface area (Å²) in [6.07, 6.45) is 0.840. The minimum Gasteiger partial charge on any atom is -0.496 e. The number of aryl methyl sites for hydroxylation is 1. The maximum atomic E-state index is 5.59. The van der Waals surface area contributed by atoms with Gasteiger partial charge in [-0.15, -0.1) is 11.3 Å². The van der Waals surface area contributed by atoms with Gasteiger partial charge in [-0.3, -0.25) is 0 Å². The van der Waals surface area contributed by atoms with E-state index in [1.165, 1.54) is 10.4 Å². The Bertz CT molecular complexity index is 554. The minimum absolute atomic E-state index is 0.630. The van der Waals surface area contributed by atoms with Crippen molar-refractivity contribution in [2.75, 3.05) is 13.7 Å². The quantitative estimate of drug-likeness (QED) is 0.936. The van der Waals surface area contributed by atoms with Gasteiger partial charge in [0, 0.05) is 4.88 Å². The van der Waals surface area contributed by atoms with Crippen LogP contribution in [0.5, 0.6) is 5.75 Å². The van der Waals surface area contributed by atoms with Crippen molar-refractivity contribution in [1.82, 2.24) is 4.98 Å². The summed E-state index contributed by atoms with van der Waals surface area (Å²) >= 11 is 5.14. The molecule has 0 saturated carbocycles. The van der Waals surface area contributed by atoms with Gasteiger partial charge in [0.2, 0.25) is 0 Å². The summed E-state index contributed by atoms with van der Waals surface area (Å²) in [5.74, 6) is 0.848. The van der Waals surface area contributed by atoms with Gasteiger partial charge >= 0.3 is 0 Å². The van der Waals surface area contributed by atoms with Crippen LogP contribution in [0, 0.1) is 6.92 Å². The first-order chi connectivity index (χ1) is 8.65. The molecule has 0 aliphatic rings. The van der Waals surface area contributed by atoms with Crippen molar-refractivity contribution >= 4 is 27.3 Å². The molecule has 0 bridgehead atoms. The van der Waals surface area contributed by atoms with Crippen molar-refractivity contribution in [3.8, 4) is 16.3 Å². The molecule has 0 radical (unpaired) electrons. The van der Waals surface area contributed by atoms with Crippen molar-refractivity contribution in [3.63, 3.8) is 0 Å². The van der Waals surface area contributed by atoms with Gasteiger partial charge in [0.05, 0.1) is 12.7 Å². The van der Waals surface area contributed by atoms with E-state index in [9.17, 15) is 0 Å². The van der Waals surface area contributed by atoms with Gasteiger partial charge in [0.25, 0.3) is 0 Å². The topological polar surface area (TPSA) is 48.1 Å². The number of ether oxygens (including phenoxy) is 1. The van der Waals surface area contributed by atoms with Crippen LogP contribution in [-0.2, 0) is 6.42 Å². The Morgan fingerprint density at radius 3 is 2.89 bits per heavy atom. The lowest BCUT2D eigenvalue weighted by Gasteiger charge is -2.06. The van der Waals surface area contributed by atoms with Gasteiger partial charge < -0.3 is 10.5 Å². The van der Waals surface area contributed by atoms with Gasteiger partial charge in [-0.25, -0.2) is 4.98 Å². The van der Waals surface area contributed by atoms with E-state index in [1.807, 2.05) is 12.1 Å². The van der Waals surface area contributed by atoms with E-state index in [1.54, 1.807) is 18.4 Å². The first-order valence-corrected chi connectivity index (χ1v) is 7.27. The predicted molar refractivity (Wildman–Crippen MR) is 79.3 cm³/mol. The highest BCUT2D eigenvalue weighted by Crippen LogP contribution is 2.36. The zero-order valence-corrected chi connectivity index (χ0v) is 12.8. The monoisotopic (exact) mass is 326 g/mol. The SMILES string of the molecule is COc1ccc(C)cc1-c1nc(Br)c(CCN)s1. The Morgan fingerprint density at radius 2 is 2.22 bits per heavy atom. The zero-order chi connectivity index (χ0) is 13.1. The fraction of sp³-hybridized carbons (Fsp3) is 0.308. The normalized spacial score (nSPS) is 10.7. The number of rotatable bonds is 4. The Labute approximate surface area is 119 Å². The van der Waals surface area contributed by atoms with Crippen LogP contribution in [0.15, 0.2) is 22.8 Å². The molecule has 3 nitrogen and oxygen atoms in total. The number of thiazole rings is 1.